The standard InChI is InChI=1S/C19H21ClN4O2/c1-4-7-14-12(10-21)15(11-8-5-6-9-13(11)20)16-17(19(25-2)26-3)23-24-18(16)22-14/h5-6,8-9,12,15,19H,4,7H2,1-3H3,(H,23,24). The van der Waals surface area contributed by atoms with Crippen molar-refractivity contribution in [2.24, 2.45) is 10.9 Å². The Kier molecular flexibility index (Phi) is 5.72. The molecule has 2 aromatic rings. The summed E-state index contributed by atoms with van der Waals surface area (Å²) in [6, 6.07) is 10.0. The topological polar surface area (TPSA) is 83.3 Å². The van der Waals surface area contributed by atoms with Crippen LogP contribution in [0.2, 0.25) is 5.02 Å². The molecular formula is C19H21ClN4O2. The van der Waals surface area contributed by atoms with E-state index in [2.05, 4.69) is 28.2 Å². The Morgan fingerprint density at radius 2 is 2.04 bits per heavy atom. The lowest BCUT2D eigenvalue weighted by atomic mass is 9.76. The highest BCUT2D eigenvalue weighted by molar-refractivity contribution is 6.31. The number of benzene rings is 1. The first-order chi connectivity index (χ1) is 12.7. The van der Waals surface area contributed by atoms with Gasteiger partial charge in [0.1, 0.15) is 0 Å². The number of ether oxygens (including phenoxy) is 2. The summed E-state index contributed by atoms with van der Waals surface area (Å²) < 4.78 is 10.8. The summed E-state index contributed by atoms with van der Waals surface area (Å²) in [5.41, 5.74) is 3.17. The molecule has 136 valence electrons. The second-order valence-electron chi connectivity index (χ2n) is 6.14. The number of halogens is 1. The molecule has 2 unspecified atom stereocenters. The summed E-state index contributed by atoms with van der Waals surface area (Å²) in [6.07, 6.45) is 1.01. The fraction of sp³-hybridized carbons (Fsp3) is 0.421. The van der Waals surface area contributed by atoms with E-state index in [1.807, 2.05) is 24.3 Å². The first-order valence-electron chi connectivity index (χ1n) is 8.51. The molecule has 1 aromatic carbocycles. The molecule has 0 aliphatic carbocycles. The van der Waals surface area contributed by atoms with Crippen molar-refractivity contribution < 1.29 is 9.47 Å². The first kappa shape index (κ1) is 18.6. The zero-order chi connectivity index (χ0) is 18.7. The van der Waals surface area contributed by atoms with Crippen LogP contribution in [-0.4, -0.2) is 30.1 Å². The molecule has 7 heteroatoms. The van der Waals surface area contributed by atoms with Crippen LogP contribution >= 0.6 is 11.6 Å². The van der Waals surface area contributed by atoms with Crippen LogP contribution in [0.3, 0.4) is 0 Å². The monoisotopic (exact) mass is 372 g/mol. The quantitative estimate of drug-likeness (QED) is 0.756. The number of hydrogen-bond donors (Lipinski definition) is 1. The number of nitriles is 1. The van der Waals surface area contributed by atoms with E-state index < -0.39 is 12.2 Å². The number of nitrogens with one attached hydrogen (secondary N) is 1. The minimum atomic E-state index is -0.626. The Morgan fingerprint density at radius 3 is 2.65 bits per heavy atom. The molecule has 26 heavy (non-hydrogen) atoms. The lowest BCUT2D eigenvalue weighted by Gasteiger charge is -2.29. The molecule has 0 spiro atoms. The molecule has 2 atom stereocenters. The van der Waals surface area contributed by atoms with Gasteiger partial charge in [0, 0.05) is 36.4 Å². The second kappa shape index (κ2) is 8.00. The van der Waals surface area contributed by atoms with E-state index in [4.69, 9.17) is 21.1 Å². The Labute approximate surface area is 157 Å². The van der Waals surface area contributed by atoms with E-state index in [9.17, 15) is 5.26 Å². The van der Waals surface area contributed by atoms with E-state index >= 15 is 0 Å². The largest absolute Gasteiger partial charge is 0.350 e. The number of aromatic nitrogens is 2. The molecule has 1 N–H and O–H groups in total. The van der Waals surface area contributed by atoms with Gasteiger partial charge in [0.2, 0.25) is 0 Å². The average Bonchev–Trinajstić information content (AvgIpc) is 3.06. The lowest BCUT2D eigenvalue weighted by Crippen LogP contribution is -2.26. The maximum atomic E-state index is 9.95. The number of fused-ring (bicyclic) bond motifs is 1. The highest BCUT2D eigenvalue weighted by atomic mass is 35.5. The molecular weight excluding hydrogens is 352 g/mol. The number of rotatable bonds is 6. The third kappa shape index (κ3) is 3.14. The van der Waals surface area contributed by atoms with Crippen LogP contribution in [0.1, 0.15) is 48.8 Å². The predicted molar refractivity (Wildman–Crippen MR) is 99.7 cm³/mol. The van der Waals surface area contributed by atoms with Crippen molar-refractivity contribution in [1.29, 1.82) is 5.26 Å². The fourth-order valence-electron chi connectivity index (χ4n) is 3.50. The van der Waals surface area contributed by atoms with E-state index in [1.54, 1.807) is 14.2 Å². The van der Waals surface area contributed by atoms with Gasteiger partial charge in [-0.2, -0.15) is 10.4 Å². The Morgan fingerprint density at radius 1 is 1.31 bits per heavy atom. The van der Waals surface area contributed by atoms with Crippen LogP contribution in [0, 0.1) is 17.2 Å². The van der Waals surface area contributed by atoms with E-state index in [0.29, 0.717) is 16.5 Å². The predicted octanol–water partition coefficient (Wildman–Crippen LogP) is 4.51. The van der Waals surface area contributed by atoms with Crippen molar-refractivity contribution in [3.63, 3.8) is 0 Å². The Bertz CT molecular complexity index is 851. The molecule has 6 nitrogen and oxygen atoms in total. The third-order valence-corrected chi connectivity index (χ3v) is 4.96. The van der Waals surface area contributed by atoms with Gasteiger partial charge >= 0.3 is 0 Å². The summed E-state index contributed by atoms with van der Waals surface area (Å²) in [5.74, 6) is -0.142. The summed E-state index contributed by atoms with van der Waals surface area (Å²) in [4.78, 5) is 4.66. The van der Waals surface area contributed by atoms with Gasteiger partial charge in [0.05, 0.1) is 17.7 Å². The zero-order valence-corrected chi connectivity index (χ0v) is 15.7. The molecule has 0 radical (unpaired) electrons. The number of methoxy groups -OCH3 is 2. The maximum absolute atomic E-state index is 9.95. The van der Waals surface area contributed by atoms with E-state index in [1.165, 1.54) is 0 Å². The molecule has 0 saturated heterocycles. The van der Waals surface area contributed by atoms with Crippen LogP contribution in [-0.2, 0) is 9.47 Å². The SMILES string of the molecule is CCCC1=Nc2n[nH]c(C(OC)OC)c2C(c2ccccc2Cl)C1C#N. The minimum absolute atomic E-state index is 0.288. The van der Waals surface area contributed by atoms with Crippen LogP contribution < -0.4 is 0 Å². The van der Waals surface area contributed by atoms with Crippen molar-refractivity contribution in [2.45, 2.75) is 32.0 Å². The normalized spacial score (nSPS) is 19.2. The van der Waals surface area contributed by atoms with Gasteiger partial charge in [-0.3, -0.25) is 5.10 Å². The van der Waals surface area contributed by atoms with Gasteiger partial charge in [0.25, 0.3) is 0 Å². The lowest BCUT2D eigenvalue weighted by molar-refractivity contribution is -0.109. The Hall–Kier alpha value is -2.20. The van der Waals surface area contributed by atoms with Crippen molar-refractivity contribution in [1.82, 2.24) is 10.2 Å². The zero-order valence-electron chi connectivity index (χ0n) is 15.0. The van der Waals surface area contributed by atoms with Gasteiger partial charge < -0.3 is 9.47 Å². The summed E-state index contributed by atoms with van der Waals surface area (Å²) in [5, 5.41) is 17.9. The number of H-pyrrole nitrogens is 1. The van der Waals surface area contributed by atoms with Gasteiger partial charge in [0.15, 0.2) is 12.1 Å². The maximum Gasteiger partial charge on any atom is 0.200 e. The van der Waals surface area contributed by atoms with Crippen LogP contribution in [0.15, 0.2) is 29.3 Å². The highest BCUT2D eigenvalue weighted by Crippen LogP contribution is 2.47. The van der Waals surface area contributed by atoms with Crippen molar-refractivity contribution in [3.8, 4) is 6.07 Å². The number of aliphatic imine (C=N–C) groups is 1. The van der Waals surface area contributed by atoms with Crippen LogP contribution in [0.5, 0.6) is 0 Å². The summed E-state index contributed by atoms with van der Waals surface area (Å²) >= 11 is 6.50. The third-order valence-electron chi connectivity index (χ3n) is 4.62. The number of nitrogens with zero attached hydrogens (tertiary/aromatic N) is 3. The van der Waals surface area contributed by atoms with Crippen molar-refractivity contribution in [2.75, 3.05) is 14.2 Å². The average molecular weight is 373 g/mol. The number of aromatic amines is 1. The molecule has 1 aromatic heterocycles. The number of hydrogen-bond acceptors (Lipinski definition) is 5. The van der Waals surface area contributed by atoms with Gasteiger partial charge in [-0.15, -0.1) is 0 Å². The molecule has 0 amide bonds. The fourth-order valence-corrected chi connectivity index (χ4v) is 3.75. The molecule has 1 aliphatic heterocycles. The summed E-state index contributed by atoms with van der Waals surface area (Å²) in [6.45, 7) is 2.07. The molecule has 3 rings (SSSR count). The van der Waals surface area contributed by atoms with E-state index in [0.717, 1.165) is 29.7 Å². The van der Waals surface area contributed by atoms with Gasteiger partial charge in [-0.25, -0.2) is 4.99 Å². The molecule has 0 saturated carbocycles. The smallest absolute Gasteiger partial charge is 0.200 e. The van der Waals surface area contributed by atoms with Gasteiger partial charge in [-0.1, -0.05) is 43.1 Å². The first-order valence-corrected chi connectivity index (χ1v) is 8.89. The molecule has 1 aliphatic rings. The van der Waals surface area contributed by atoms with Gasteiger partial charge in [-0.05, 0) is 18.1 Å². The Balaban J connectivity index is 2.25. The summed E-state index contributed by atoms with van der Waals surface area (Å²) in [7, 11) is 3.12. The van der Waals surface area contributed by atoms with E-state index in [-0.39, 0.29) is 5.92 Å². The van der Waals surface area contributed by atoms with Crippen LogP contribution in [0.25, 0.3) is 0 Å². The van der Waals surface area contributed by atoms with Crippen LogP contribution in [0.4, 0.5) is 5.82 Å². The van der Waals surface area contributed by atoms with Crippen molar-refractivity contribution >= 4 is 23.1 Å². The van der Waals surface area contributed by atoms with Crippen molar-refractivity contribution in [3.05, 3.63) is 46.1 Å². The minimum Gasteiger partial charge on any atom is -0.350 e. The molecule has 0 bridgehead atoms. The molecule has 2 heterocycles. The highest BCUT2D eigenvalue weighted by Gasteiger charge is 2.40. The second-order valence-corrected chi connectivity index (χ2v) is 6.54. The molecule has 0 fully saturated rings.